The molecule has 0 spiro atoms. The molecule has 0 atom stereocenters. The van der Waals surface area contributed by atoms with Gasteiger partial charge in [0, 0.05) is 26.0 Å². The van der Waals surface area contributed by atoms with Gasteiger partial charge in [0.2, 0.25) is 0 Å². The summed E-state index contributed by atoms with van der Waals surface area (Å²) in [6.07, 6.45) is 1.69. The summed E-state index contributed by atoms with van der Waals surface area (Å²) < 4.78 is 0. The maximum atomic E-state index is 9.49. The quantitative estimate of drug-likeness (QED) is 0.407. The fraction of sp³-hybridized carbons (Fsp3) is 0. The molecule has 0 saturated carbocycles. The van der Waals surface area contributed by atoms with Crippen molar-refractivity contribution in [3.8, 4) is 17.3 Å². The van der Waals surface area contributed by atoms with Crippen LogP contribution in [0.5, 0.6) is 0 Å². The van der Waals surface area contributed by atoms with Crippen molar-refractivity contribution >= 4 is 69.4 Å². The number of aromatic nitrogens is 1. The normalized spacial score (nSPS) is 11.4. The van der Waals surface area contributed by atoms with Crippen LogP contribution in [-0.2, 0) is 0 Å². The van der Waals surface area contributed by atoms with Gasteiger partial charge in [-0.05, 0) is 42.0 Å². The zero-order chi connectivity index (χ0) is 18.0. The number of allylic oxidation sites excluding steroid dienone is 1. The molecule has 0 radical (unpaired) electrons. The standard InChI is InChI=1S/C18H8Cl4N2S/c19-12-2-1-10(15(21)6-12)5-11(8-23)18-24-17(9-25-18)14-4-3-13(20)7-16(14)22/h1-7,9H. The lowest BCUT2D eigenvalue weighted by molar-refractivity contribution is 1.37. The van der Waals surface area contributed by atoms with E-state index in [4.69, 9.17) is 46.4 Å². The molecular formula is C18H8Cl4N2S. The van der Waals surface area contributed by atoms with Gasteiger partial charge in [-0.2, -0.15) is 5.26 Å². The van der Waals surface area contributed by atoms with E-state index in [1.807, 2.05) is 5.38 Å². The van der Waals surface area contributed by atoms with Crippen LogP contribution in [0, 0.1) is 11.3 Å². The van der Waals surface area contributed by atoms with E-state index in [0.717, 1.165) is 5.56 Å². The average molecular weight is 426 g/mol. The van der Waals surface area contributed by atoms with Crippen molar-refractivity contribution in [2.24, 2.45) is 0 Å². The van der Waals surface area contributed by atoms with E-state index in [2.05, 4.69) is 11.1 Å². The van der Waals surface area contributed by atoms with Gasteiger partial charge in [-0.25, -0.2) is 4.98 Å². The Labute approximate surface area is 168 Å². The van der Waals surface area contributed by atoms with E-state index in [-0.39, 0.29) is 0 Å². The van der Waals surface area contributed by atoms with E-state index in [1.165, 1.54) is 11.3 Å². The summed E-state index contributed by atoms with van der Waals surface area (Å²) in [7, 11) is 0. The summed E-state index contributed by atoms with van der Waals surface area (Å²) in [6, 6.07) is 12.5. The molecule has 2 aromatic carbocycles. The molecule has 0 aliphatic heterocycles. The van der Waals surface area contributed by atoms with Gasteiger partial charge in [0.15, 0.2) is 0 Å². The highest BCUT2D eigenvalue weighted by atomic mass is 35.5. The Bertz CT molecular complexity index is 1020. The first-order valence-electron chi connectivity index (χ1n) is 6.96. The molecule has 1 heterocycles. The molecule has 1 aromatic heterocycles. The van der Waals surface area contributed by atoms with Crippen molar-refractivity contribution < 1.29 is 0 Å². The van der Waals surface area contributed by atoms with Crippen LogP contribution >= 0.6 is 57.7 Å². The van der Waals surface area contributed by atoms with Crippen molar-refractivity contribution in [1.82, 2.24) is 4.98 Å². The third-order valence-corrected chi connectivity index (χ3v) is 5.31. The van der Waals surface area contributed by atoms with Crippen molar-refractivity contribution in [2.75, 3.05) is 0 Å². The van der Waals surface area contributed by atoms with Gasteiger partial charge >= 0.3 is 0 Å². The van der Waals surface area contributed by atoms with E-state index in [9.17, 15) is 5.26 Å². The second-order valence-corrected chi connectivity index (χ2v) is 7.54. The SMILES string of the molecule is N#CC(=Cc1ccc(Cl)cc1Cl)c1nc(-c2ccc(Cl)cc2Cl)cs1. The number of thiazole rings is 1. The monoisotopic (exact) mass is 424 g/mol. The predicted molar refractivity (Wildman–Crippen MR) is 108 cm³/mol. The summed E-state index contributed by atoms with van der Waals surface area (Å²) in [5, 5.41) is 14.0. The molecule has 0 amide bonds. The second kappa shape index (κ2) is 7.78. The number of hydrogen-bond acceptors (Lipinski definition) is 3. The first-order valence-corrected chi connectivity index (χ1v) is 9.35. The Kier molecular flexibility index (Phi) is 5.68. The minimum absolute atomic E-state index is 0.408. The van der Waals surface area contributed by atoms with Gasteiger partial charge in [0.25, 0.3) is 0 Å². The van der Waals surface area contributed by atoms with Crippen LogP contribution in [0.3, 0.4) is 0 Å². The largest absolute Gasteiger partial charge is 0.235 e. The van der Waals surface area contributed by atoms with E-state index >= 15 is 0 Å². The van der Waals surface area contributed by atoms with Crippen LogP contribution in [0.25, 0.3) is 22.9 Å². The van der Waals surface area contributed by atoms with Gasteiger partial charge in [0.05, 0.1) is 16.3 Å². The second-order valence-electron chi connectivity index (χ2n) is 5.00. The maximum absolute atomic E-state index is 9.49. The molecule has 2 nitrogen and oxygen atoms in total. The van der Waals surface area contributed by atoms with E-state index in [0.29, 0.717) is 41.9 Å². The lowest BCUT2D eigenvalue weighted by Gasteiger charge is -2.01. The maximum Gasteiger partial charge on any atom is 0.134 e. The van der Waals surface area contributed by atoms with Crippen molar-refractivity contribution in [1.29, 1.82) is 5.26 Å². The number of benzene rings is 2. The molecule has 0 aliphatic rings. The summed E-state index contributed by atoms with van der Waals surface area (Å²) in [4.78, 5) is 4.52. The Morgan fingerprint density at radius 2 is 1.68 bits per heavy atom. The lowest BCUT2D eigenvalue weighted by Crippen LogP contribution is -1.84. The Morgan fingerprint density at radius 1 is 1.00 bits per heavy atom. The molecule has 25 heavy (non-hydrogen) atoms. The van der Waals surface area contributed by atoms with Crippen LogP contribution in [0.2, 0.25) is 20.1 Å². The minimum atomic E-state index is 0.408. The molecule has 0 aliphatic carbocycles. The molecular weight excluding hydrogens is 418 g/mol. The zero-order valence-electron chi connectivity index (χ0n) is 12.4. The van der Waals surface area contributed by atoms with E-state index in [1.54, 1.807) is 42.5 Å². The number of hydrogen-bond donors (Lipinski definition) is 0. The first-order chi connectivity index (χ1) is 12.0. The first kappa shape index (κ1) is 18.3. The van der Waals surface area contributed by atoms with Crippen LogP contribution in [0.1, 0.15) is 10.6 Å². The van der Waals surface area contributed by atoms with Crippen molar-refractivity contribution in [3.05, 3.63) is 72.4 Å². The van der Waals surface area contributed by atoms with Gasteiger partial charge in [-0.3, -0.25) is 0 Å². The van der Waals surface area contributed by atoms with Gasteiger partial charge in [-0.1, -0.05) is 52.5 Å². The van der Waals surface area contributed by atoms with Gasteiger partial charge in [-0.15, -0.1) is 11.3 Å². The van der Waals surface area contributed by atoms with Crippen LogP contribution in [0.4, 0.5) is 0 Å². The van der Waals surface area contributed by atoms with Gasteiger partial charge in [0.1, 0.15) is 11.1 Å². The number of nitrogens with zero attached hydrogens (tertiary/aromatic N) is 2. The highest BCUT2D eigenvalue weighted by Gasteiger charge is 2.12. The number of rotatable bonds is 3. The molecule has 0 unspecified atom stereocenters. The van der Waals surface area contributed by atoms with Crippen LogP contribution in [-0.4, -0.2) is 4.98 Å². The smallest absolute Gasteiger partial charge is 0.134 e. The third-order valence-electron chi connectivity index (χ3n) is 3.32. The fourth-order valence-electron chi connectivity index (χ4n) is 2.13. The molecule has 3 rings (SSSR count). The average Bonchev–Trinajstić information content (AvgIpc) is 3.03. The third kappa shape index (κ3) is 4.17. The fourth-order valence-corrected chi connectivity index (χ4v) is 3.89. The topological polar surface area (TPSA) is 36.7 Å². The highest BCUT2D eigenvalue weighted by Crippen LogP contribution is 2.33. The molecule has 0 bridgehead atoms. The lowest BCUT2D eigenvalue weighted by atomic mass is 10.1. The zero-order valence-corrected chi connectivity index (χ0v) is 16.3. The number of halogens is 4. The molecule has 7 heteroatoms. The Balaban J connectivity index is 1.99. The molecule has 124 valence electrons. The molecule has 3 aromatic rings. The number of nitriles is 1. The molecule has 0 N–H and O–H groups in total. The highest BCUT2D eigenvalue weighted by molar-refractivity contribution is 7.11. The minimum Gasteiger partial charge on any atom is -0.235 e. The van der Waals surface area contributed by atoms with Crippen molar-refractivity contribution in [3.63, 3.8) is 0 Å². The summed E-state index contributed by atoms with van der Waals surface area (Å²) >= 11 is 25.6. The predicted octanol–water partition coefficient (Wildman–Crippen LogP) is 7.49. The van der Waals surface area contributed by atoms with Gasteiger partial charge < -0.3 is 0 Å². The molecule has 0 saturated heterocycles. The summed E-state index contributed by atoms with van der Waals surface area (Å²) in [5.41, 5.74) is 2.55. The van der Waals surface area contributed by atoms with Crippen molar-refractivity contribution in [2.45, 2.75) is 0 Å². The Hall–Kier alpha value is -1.54. The molecule has 0 fully saturated rings. The summed E-state index contributed by atoms with van der Waals surface area (Å²) in [5.74, 6) is 0. The Morgan fingerprint density at radius 3 is 2.32 bits per heavy atom. The summed E-state index contributed by atoms with van der Waals surface area (Å²) in [6.45, 7) is 0. The van der Waals surface area contributed by atoms with Crippen LogP contribution in [0.15, 0.2) is 41.8 Å². The van der Waals surface area contributed by atoms with Crippen LogP contribution < -0.4 is 0 Å². The van der Waals surface area contributed by atoms with E-state index < -0.39 is 0 Å².